The Hall–Kier alpha value is -2.82. The van der Waals surface area contributed by atoms with Gasteiger partial charge in [0.2, 0.25) is 0 Å². The van der Waals surface area contributed by atoms with Crippen LogP contribution in [-0.4, -0.2) is 32.6 Å². The molecule has 0 aliphatic carbocycles. The molecule has 2 heterocycles. The molecule has 3 N–H and O–H groups in total. The number of rotatable bonds is 5. The molecule has 0 unspecified atom stereocenters. The molecular weight excluding hydrogens is 449 g/mol. The number of sulfonamides is 1. The van der Waals surface area contributed by atoms with Crippen LogP contribution in [0.2, 0.25) is 5.02 Å². The van der Waals surface area contributed by atoms with Crippen molar-refractivity contribution in [2.45, 2.75) is 24.2 Å². The molecule has 1 amide bonds. The maximum absolute atomic E-state index is 14.1. The van der Waals surface area contributed by atoms with Crippen molar-refractivity contribution in [3.8, 4) is 0 Å². The molecule has 4 rings (SSSR count). The number of benzene rings is 2. The van der Waals surface area contributed by atoms with Gasteiger partial charge in [0.1, 0.15) is 11.4 Å². The number of nitrogens with one attached hydrogen (secondary N) is 2. The minimum Gasteiger partial charge on any atom is -0.451 e. The molecule has 0 atom stereocenters. The molecule has 1 aliphatic rings. The van der Waals surface area contributed by atoms with Crippen LogP contribution in [0, 0.1) is 5.82 Å². The summed E-state index contributed by atoms with van der Waals surface area (Å²) in [6.07, 6.45) is 2.91. The molecular formula is C20H19ClFN3O5S. The maximum atomic E-state index is 14.1. The van der Waals surface area contributed by atoms with Gasteiger partial charge in [0.05, 0.1) is 21.3 Å². The summed E-state index contributed by atoms with van der Waals surface area (Å²) < 4.78 is 48.0. The van der Waals surface area contributed by atoms with Crippen molar-refractivity contribution in [3.63, 3.8) is 0 Å². The zero-order valence-corrected chi connectivity index (χ0v) is 17.8. The summed E-state index contributed by atoms with van der Waals surface area (Å²) >= 11 is 5.92. The quantitative estimate of drug-likeness (QED) is 0.384. The van der Waals surface area contributed by atoms with E-state index in [9.17, 15) is 17.6 Å². The lowest BCUT2D eigenvalue weighted by atomic mass is 10.1. The SMILES string of the molecule is O=C(NO)c1cc2ccc(S(=O)(=O)Nc3cc(Cl)c(F)cc3N3CCCCC3)cc2o1. The number of carbonyl (C=O) groups is 1. The van der Waals surface area contributed by atoms with Crippen LogP contribution in [0.5, 0.6) is 0 Å². The van der Waals surface area contributed by atoms with Crippen molar-refractivity contribution in [1.29, 1.82) is 0 Å². The first-order valence-corrected chi connectivity index (χ1v) is 11.4. The van der Waals surface area contributed by atoms with E-state index in [2.05, 4.69) is 4.72 Å². The second-order valence-electron chi connectivity index (χ2n) is 7.19. The van der Waals surface area contributed by atoms with Gasteiger partial charge < -0.3 is 9.32 Å². The fraction of sp³-hybridized carbons (Fsp3) is 0.250. The normalized spacial score (nSPS) is 14.6. The number of piperidine rings is 1. The number of hydrogen-bond acceptors (Lipinski definition) is 6. The van der Waals surface area contributed by atoms with E-state index in [1.54, 1.807) is 0 Å². The number of hydroxylamine groups is 1. The molecule has 11 heteroatoms. The third kappa shape index (κ3) is 4.32. The Bertz CT molecular complexity index is 1260. The summed E-state index contributed by atoms with van der Waals surface area (Å²) in [4.78, 5) is 13.3. The highest BCUT2D eigenvalue weighted by molar-refractivity contribution is 7.92. The molecule has 2 aromatic carbocycles. The fourth-order valence-corrected chi connectivity index (χ4v) is 4.81. The van der Waals surface area contributed by atoms with Gasteiger partial charge in [-0.05, 0) is 43.5 Å². The molecule has 0 saturated carbocycles. The van der Waals surface area contributed by atoms with Crippen LogP contribution in [0.15, 0.2) is 45.7 Å². The lowest BCUT2D eigenvalue weighted by Crippen LogP contribution is -2.30. The van der Waals surface area contributed by atoms with Crippen LogP contribution in [0.3, 0.4) is 0 Å². The number of carbonyl (C=O) groups excluding carboxylic acids is 1. The highest BCUT2D eigenvalue weighted by atomic mass is 35.5. The van der Waals surface area contributed by atoms with Gasteiger partial charge in [0.15, 0.2) is 5.76 Å². The second kappa shape index (κ2) is 8.37. The summed E-state index contributed by atoms with van der Waals surface area (Å²) in [6.45, 7) is 1.37. The van der Waals surface area contributed by atoms with Crippen molar-refractivity contribution in [2.24, 2.45) is 0 Å². The van der Waals surface area contributed by atoms with Gasteiger partial charge in [-0.15, -0.1) is 0 Å². The smallest absolute Gasteiger partial charge is 0.310 e. The van der Waals surface area contributed by atoms with Crippen LogP contribution in [0.4, 0.5) is 15.8 Å². The monoisotopic (exact) mass is 467 g/mol. The Kier molecular flexibility index (Phi) is 5.78. The lowest BCUT2D eigenvalue weighted by Gasteiger charge is -2.30. The molecule has 0 radical (unpaired) electrons. The van der Waals surface area contributed by atoms with Crippen molar-refractivity contribution in [2.75, 3.05) is 22.7 Å². The Morgan fingerprint density at radius 3 is 2.58 bits per heavy atom. The van der Waals surface area contributed by atoms with Gasteiger partial charge in [-0.2, -0.15) is 0 Å². The summed E-state index contributed by atoms with van der Waals surface area (Å²) in [5.41, 5.74) is 2.20. The van der Waals surface area contributed by atoms with Gasteiger partial charge in [-0.25, -0.2) is 18.3 Å². The van der Waals surface area contributed by atoms with Gasteiger partial charge in [-0.1, -0.05) is 11.6 Å². The van der Waals surface area contributed by atoms with E-state index >= 15 is 0 Å². The Balaban J connectivity index is 1.70. The highest BCUT2D eigenvalue weighted by Gasteiger charge is 2.23. The molecule has 1 fully saturated rings. The molecule has 1 aliphatic heterocycles. The lowest BCUT2D eigenvalue weighted by molar-refractivity contribution is 0.0678. The predicted octanol–water partition coefficient (Wildman–Crippen LogP) is 4.14. The summed E-state index contributed by atoms with van der Waals surface area (Å²) in [7, 11) is -4.08. The summed E-state index contributed by atoms with van der Waals surface area (Å²) in [5, 5.41) is 9.02. The van der Waals surface area contributed by atoms with E-state index in [1.165, 1.54) is 41.9 Å². The van der Waals surface area contributed by atoms with E-state index in [0.29, 0.717) is 24.2 Å². The molecule has 3 aromatic rings. The van der Waals surface area contributed by atoms with Crippen LogP contribution in [0.25, 0.3) is 11.0 Å². The van der Waals surface area contributed by atoms with Gasteiger partial charge in [0, 0.05) is 30.6 Å². The minimum absolute atomic E-state index is 0.115. The first-order valence-electron chi connectivity index (χ1n) is 9.53. The Morgan fingerprint density at radius 2 is 1.87 bits per heavy atom. The molecule has 1 saturated heterocycles. The third-order valence-corrected chi connectivity index (χ3v) is 6.76. The molecule has 0 bridgehead atoms. The van der Waals surface area contributed by atoms with Crippen molar-refractivity contribution >= 4 is 49.9 Å². The largest absolute Gasteiger partial charge is 0.451 e. The topological polar surface area (TPSA) is 112 Å². The van der Waals surface area contributed by atoms with E-state index in [0.717, 1.165) is 19.3 Å². The van der Waals surface area contributed by atoms with E-state index < -0.39 is 21.7 Å². The number of nitrogens with zero attached hydrogens (tertiary/aromatic N) is 1. The molecule has 0 spiro atoms. The highest BCUT2D eigenvalue weighted by Crippen LogP contribution is 2.35. The van der Waals surface area contributed by atoms with Crippen molar-refractivity contribution in [3.05, 3.63) is 53.0 Å². The Morgan fingerprint density at radius 1 is 1.13 bits per heavy atom. The number of anilines is 2. The number of hydrogen-bond donors (Lipinski definition) is 3. The first kappa shape index (κ1) is 21.4. The van der Waals surface area contributed by atoms with Crippen molar-refractivity contribution in [1.82, 2.24) is 5.48 Å². The van der Waals surface area contributed by atoms with Crippen LogP contribution >= 0.6 is 11.6 Å². The van der Waals surface area contributed by atoms with E-state index in [1.807, 2.05) is 4.90 Å². The third-order valence-electron chi connectivity index (χ3n) is 5.11. The number of furan rings is 1. The average molecular weight is 468 g/mol. The minimum atomic E-state index is -4.08. The molecule has 1 aromatic heterocycles. The van der Waals surface area contributed by atoms with Crippen molar-refractivity contribution < 1.29 is 27.2 Å². The van der Waals surface area contributed by atoms with Gasteiger partial charge in [-0.3, -0.25) is 14.7 Å². The number of fused-ring (bicyclic) bond motifs is 1. The standard InChI is InChI=1S/C20H19ClFN3O5S/c21-14-10-16(17(11-15(14)22)25-6-2-1-3-7-25)24-31(28,29)13-5-4-12-8-19(20(26)23-27)30-18(12)9-13/h4-5,8-11,24,27H,1-3,6-7H2,(H,23,26). The summed E-state index contributed by atoms with van der Waals surface area (Å²) in [5.74, 6) is -1.65. The maximum Gasteiger partial charge on any atom is 0.310 e. The second-order valence-corrected chi connectivity index (χ2v) is 9.28. The number of halogens is 2. The average Bonchev–Trinajstić information content (AvgIpc) is 3.19. The van der Waals surface area contributed by atoms with Gasteiger partial charge >= 0.3 is 5.91 Å². The first-order chi connectivity index (χ1) is 14.8. The van der Waals surface area contributed by atoms with E-state index in [4.69, 9.17) is 21.2 Å². The molecule has 31 heavy (non-hydrogen) atoms. The van der Waals surface area contributed by atoms with E-state index in [-0.39, 0.29) is 26.9 Å². The predicted molar refractivity (Wildman–Crippen MR) is 114 cm³/mol. The Labute approximate surface area is 182 Å². The zero-order valence-electron chi connectivity index (χ0n) is 16.2. The summed E-state index contributed by atoms with van der Waals surface area (Å²) in [6, 6.07) is 7.96. The number of amides is 1. The van der Waals surface area contributed by atoms with Crippen LogP contribution in [-0.2, 0) is 10.0 Å². The molecule has 164 valence electrons. The molecule has 8 nitrogen and oxygen atoms in total. The fourth-order valence-electron chi connectivity index (χ4n) is 3.56. The van der Waals surface area contributed by atoms with Crippen LogP contribution in [0.1, 0.15) is 29.8 Å². The van der Waals surface area contributed by atoms with Crippen LogP contribution < -0.4 is 15.1 Å². The zero-order chi connectivity index (χ0) is 22.2. The van der Waals surface area contributed by atoms with Gasteiger partial charge in [0.25, 0.3) is 10.0 Å².